The minimum absolute atomic E-state index is 0.171. The SMILES string of the molecule is CC(Cl)OC(=O)C(N)C1(CC(=O)O[Si](C)(C)C)CCCCC1. The summed E-state index contributed by atoms with van der Waals surface area (Å²) in [5, 5.41) is 0. The minimum atomic E-state index is -1.95. The number of alkyl halides is 1. The summed E-state index contributed by atoms with van der Waals surface area (Å²) in [6.45, 7) is 7.45. The molecule has 7 heteroatoms. The van der Waals surface area contributed by atoms with Crippen molar-refractivity contribution >= 4 is 31.9 Å². The number of esters is 1. The van der Waals surface area contributed by atoms with Crippen LogP contribution in [0.2, 0.25) is 19.6 Å². The number of rotatable bonds is 6. The third kappa shape index (κ3) is 5.89. The summed E-state index contributed by atoms with van der Waals surface area (Å²) >= 11 is 5.71. The molecule has 0 saturated heterocycles. The molecule has 1 saturated carbocycles. The summed E-state index contributed by atoms with van der Waals surface area (Å²) in [5.41, 5.74) is 4.86. The van der Waals surface area contributed by atoms with Crippen LogP contribution in [0.3, 0.4) is 0 Å². The Kier molecular flexibility index (Phi) is 6.89. The number of hydrogen-bond acceptors (Lipinski definition) is 5. The highest BCUT2D eigenvalue weighted by molar-refractivity contribution is 6.71. The molecule has 0 radical (unpaired) electrons. The van der Waals surface area contributed by atoms with Gasteiger partial charge in [-0.15, -0.1) is 0 Å². The van der Waals surface area contributed by atoms with Crippen LogP contribution < -0.4 is 5.73 Å². The summed E-state index contributed by atoms with van der Waals surface area (Å²) in [5.74, 6) is -0.798. The Balaban J connectivity index is 2.85. The smallest absolute Gasteiger partial charge is 0.324 e. The lowest BCUT2D eigenvalue weighted by Gasteiger charge is -2.40. The lowest BCUT2D eigenvalue weighted by molar-refractivity contribution is -0.152. The molecule has 0 amide bonds. The minimum Gasteiger partial charge on any atom is -0.520 e. The molecule has 0 heterocycles. The van der Waals surface area contributed by atoms with E-state index in [2.05, 4.69) is 0 Å². The first-order valence-corrected chi connectivity index (χ1v) is 11.7. The van der Waals surface area contributed by atoms with E-state index >= 15 is 0 Å². The highest BCUT2D eigenvalue weighted by Gasteiger charge is 2.45. The average Bonchev–Trinajstić information content (AvgIpc) is 2.35. The summed E-state index contributed by atoms with van der Waals surface area (Å²) < 4.78 is 10.6. The van der Waals surface area contributed by atoms with E-state index in [1.807, 2.05) is 19.6 Å². The zero-order chi connectivity index (χ0) is 17.0. The van der Waals surface area contributed by atoms with E-state index in [9.17, 15) is 9.59 Å². The van der Waals surface area contributed by atoms with Crippen LogP contribution in [0.5, 0.6) is 0 Å². The van der Waals surface area contributed by atoms with Gasteiger partial charge in [0.25, 0.3) is 5.97 Å². The van der Waals surface area contributed by atoms with E-state index in [-0.39, 0.29) is 12.4 Å². The van der Waals surface area contributed by atoms with Crippen molar-refractivity contribution in [1.29, 1.82) is 0 Å². The maximum absolute atomic E-state index is 12.3. The molecule has 2 N–H and O–H groups in total. The van der Waals surface area contributed by atoms with E-state index in [0.29, 0.717) is 0 Å². The second-order valence-corrected chi connectivity index (χ2v) is 12.2. The standard InChI is InChI=1S/C15H28ClNO4Si/c1-11(16)20-14(19)13(17)15(8-6-5-7-9-15)10-12(18)21-22(2,3)4/h11,13H,5-10,17H2,1-4H3. The van der Waals surface area contributed by atoms with Gasteiger partial charge >= 0.3 is 5.97 Å². The normalized spacial score (nSPS) is 20.8. The van der Waals surface area contributed by atoms with Crippen molar-refractivity contribution in [2.24, 2.45) is 11.1 Å². The highest BCUT2D eigenvalue weighted by Crippen LogP contribution is 2.42. The van der Waals surface area contributed by atoms with Crippen molar-refractivity contribution in [2.45, 2.75) is 76.7 Å². The van der Waals surface area contributed by atoms with E-state index < -0.39 is 31.3 Å². The van der Waals surface area contributed by atoms with E-state index in [4.69, 9.17) is 26.5 Å². The van der Waals surface area contributed by atoms with Gasteiger partial charge in [0.05, 0.1) is 6.42 Å². The summed E-state index contributed by atoms with van der Waals surface area (Å²) in [4.78, 5) is 24.4. The topological polar surface area (TPSA) is 78.6 Å². The molecule has 128 valence electrons. The molecule has 2 atom stereocenters. The van der Waals surface area contributed by atoms with Gasteiger partial charge in [0.1, 0.15) is 6.04 Å². The number of nitrogens with two attached hydrogens (primary N) is 1. The Morgan fingerprint density at radius 1 is 1.23 bits per heavy atom. The quantitative estimate of drug-likeness (QED) is 0.452. The molecule has 0 aromatic carbocycles. The van der Waals surface area contributed by atoms with Crippen molar-refractivity contribution in [3.05, 3.63) is 0 Å². The Bertz CT molecular complexity index is 403. The molecule has 2 unspecified atom stereocenters. The van der Waals surface area contributed by atoms with Gasteiger partial charge in [-0.1, -0.05) is 30.9 Å². The first-order chi connectivity index (χ1) is 10.1. The van der Waals surface area contributed by atoms with Crippen LogP contribution in [-0.2, 0) is 18.8 Å². The number of halogens is 1. The van der Waals surface area contributed by atoms with Gasteiger partial charge < -0.3 is 14.9 Å². The summed E-state index contributed by atoms with van der Waals surface area (Å²) in [6, 6.07) is -0.844. The van der Waals surface area contributed by atoms with Crippen LogP contribution in [0.1, 0.15) is 45.4 Å². The fourth-order valence-electron chi connectivity index (χ4n) is 3.00. The molecule has 22 heavy (non-hydrogen) atoms. The third-order valence-corrected chi connectivity index (χ3v) is 4.89. The van der Waals surface area contributed by atoms with Crippen molar-refractivity contribution in [3.63, 3.8) is 0 Å². The van der Waals surface area contributed by atoms with Gasteiger partial charge in [-0.2, -0.15) is 0 Å². The van der Waals surface area contributed by atoms with Gasteiger partial charge in [0, 0.05) is 5.41 Å². The monoisotopic (exact) mass is 349 g/mol. The predicted molar refractivity (Wildman–Crippen MR) is 89.0 cm³/mol. The zero-order valence-electron chi connectivity index (χ0n) is 14.0. The Morgan fingerprint density at radius 2 is 1.77 bits per heavy atom. The van der Waals surface area contributed by atoms with Crippen molar-refractivity contribution < 1.29 is 18.8 Å². The molecule has 1 rings (SSSR count). The number of carbonyl (C=O) groups is 2. The van der Waals surface area contributed by atoms with Gasteiger partial charge in [-0.25, -0.2) is 0 Å². The van der Waals surface area contributed by atoms with Crippen molar-refractivity contribution in [2.75, 3.05) is 0 Å². The summed E-state index contributed by atoms with van der Waals surface area (Å²) in [7, 11) is -1.95. The largest absolute Gasteiger partial charge is 0.520 e. The summed E-state index contributed by atoms with van der Waals surface area (Å²) in [6.07, 6.45) is 4.65. The molecular weight excluding hydrogens is 322 g/mol. The van der Waals surface area contributed by atoms with Gasteiger partial charge in [-0.3, -0.25) is 9.59 Å². The van der Waals surface area contributed by atoms with Gasteiger partial charge in [0.15, 0.2) is 5.56 Å². The Hall–Kier alpha value is -0.593. The second-order valence-electron chi connectivity index (χ2n) is 7.14. The van der Waals surface area contributed by atoms with Crippen molar-refractivity contribution in [1.82, 2.24) is 0 Å². The molecule has 0 aromatic heterocycles. The lowest BCUT2D eigenvalue weighted by atomic mass is 9.67. The molecular formula is C15H28ClNO4Si. The molecule has 1 aliphatic carbocycles. The van der Waals surface area contributed by atoms with E-state index in [1.165, 1.54) is 0 Å². The second kappa shape index (κ2) is 7.79. The number of hydrogen-bond donors (Lipinski definition) is 1. The lowest BCUT2D eigenvalue weighted by Crippen LogP contribution is -2.51. The van der Waals surface area contributed by atoms with Gasteiger partial charge in [0.2, 0.25) is 8.32 Å². The van der Waals surface area contributed by atoms with Crippen LogP contribution in [0.15, 0.2) is 0 Å². The zero-order valence-corrected chi connectivity index (χ0v) is 15.7. The number of carbonyl (C=O) groups excluding carboxylic acids is 2. The highest BCUT2D eigenvalue weighted by atomic mass is 35.5. The molecule has 0 spiro atoms. The first kappa shape index (κ1) is 19.5. The molecule has 0 aromatic rings. The van der Waals surface area contributed by atoms with Crippen molar-refractivity contribution in [3.8, 4) is 0 Å². The Labute approximate surface area is 139 Å². The maximum atomic E-state index is 12.3. The maximum Gasteiger partial charge on any atom is 0.324 e. The first-order valence-electron chi connectivity index (χ1n) is 7.88. The fraction of sp³-hybridized carbons (Fsp3) is 0.867. The Morgan fingerprint density at radius 3 is 2.23 bits per heavy atom. The average molecular weight is 350 g/mol. The molecule has 0 aliphatic heterocycles. The van der Waals surface area contributed by atoms with Crippen LogP contribution in [0, 0.1) is 5.41 Å². The molecule has 5 nitrogen and oxygen atoms in total. The van der Waals surface area contributed by atoms with Crippen LogP contribution >= 0.6 is 11.6 Å². The van der Waals surface area contributed by atoms with E-state index in [1.54, 1.807) is 6.92 Å². The molecule has 0 bridgehead atoms. The van der Waals surface area contributed by atoms with E-state index in [0.717, 1.165) is 32.1 Å². The van der Waals surface area contributed by atoms with Gasteiger partial charge in [-0.05, 0) is 39.4 Å². The fourth-order valence-corrected chi connectivity index (χ4v) is 3.85. The van der Waals surface area contributed by atoms with Crippen LogP contribution in [0.4, 0.5) is 0 Å². The molecule has 1 aliphatic rings. The third-order valence-electron chi connectivity index (χ3n) is 3.96. The number of ether oxygens (including phenoxy) is 1. The predicted octanol–water partition coefficient (Wildman–Crippen LogP) is 3.16. The van der Waals surface area contributed by atoms with Crippen LogP contribution in [-0.4, -0.2) is 31.9 Å². The molecule has 1 fully saturated rings. The van der Waals surface area contributed by atoms with Crippen LogP contribution in [0.25, 0.3) is 0 Å².